The number of carbonyl (C=O) groups excluding carboxylic acids is 1. The molecule has 0 aliphatic carbocycles. The zero-order valence-corrected chi connectivity index (χ0v) is 13.9. The zero-order chi connectivity index (χ0) is 17.1. The molecule has 0 amide bonds. The van der Waals surface area contributed by atoms with Gasteiger partial charge in [0.2, 0.25) is 0 Å². The highest BCUT2D eigenvalue weighted by molar-refractivity contribution is 5.93. The molecule has 0 spiro atoms. The van der Waals surface area contributed by atoms with Crippen LogP contribution in [0.15, 0.2) is 52.8 Å². The molecule has 0 saturated heterocycles. The van der Waals surface area contributed by atoms with Crippen LogP contribution in [0.4, 0.5) is 11.5 Å². The second-order valence-electron chi connectivity index (χ2n) is 5.37. The summed E-state index contributed by atoms with van der Waals surface area (Å²) in [7, 11) is 0. The number of nitrogens with zero attached hydrogens (tertiary/aromatic N) is 4. The van der Waals surface area contributed by atoms with Crippen molar-refractivity contribution in [2.45, 2.75) is 20.8 Å². The van der Waals surface area contributed by atoms with Crippen molar-refractivity contribution in [1.82, 2.24) is 9.38 Å². The van der Waals surface area contributed by atoms with Crippen LogP contribution in [0.25, 0.3) is 5.65 Å². The van der Waals surface area contributed by atoms with Crippen molar-refractivity contribution in [2.24, 2.45) is 10.2 Å². The monoisotopic (exact) mass is 322 g/mol. The second-order valence-corrected chi connectivity index (χ2v) is 5.37. The van der Waals surface area contributed by atoms with Gasteiger partial charge in [-0.3, -0.25) is 4.40 Å². The van der Waals surface area contributed by atoms with Gasteiger partial charge in [0.25, 0.3) is 0 Å². The fourth-order valence-corrected chi connectivity index (χ4v) is 2.48. The quantitative estimate of drug-likeness (QED) is 0.523. The van der Waals surface area contributed by atoms with Gasteiger partial charge in [0.1, 0.15) is 5.65 Å². The van der Waals surface area contributed by atoms with E-state index < -0.39 is 5.97 Å². The maximum atomic E-state index is 12.2. The van der Waals surface area contributed by atoms with E-state index in [1.165, 1.54) is 0 Å². The van der Waals surface area contributed by atoms with Crippen LogP contribution in [0, 0.1) is 13.8 Å². The van der Waals surface area contributed by atoms with Crippen LogP contribution in [0.2, 0.25) is 0 Å². The normalized spacial score (nSPS) is 11.3. The first kappa shape index (κ1) is 15.9. The van der Waals surface area contributed by atoms with Gasteiger partial charge in [0.15, 0.2) is 11.5 Å². The summed E-state index contributed by atoms with van der Waals surface area (Å²) in [5.74, 6) is -0.136. The summed E-state index contributed by atoms with van der Waals surface area (Å²) in [6, 6.07) is 11.4. The van der Waals surface area contributed by atoms with E-state index in [-0.39, 0.29) is 12.3 Å². The van der Waals surface area contributed by atoms with E-state index in [9.17, 15) is 4.79 Å². The van der Waals surface area contributed by atoms with Crippen molar-refractivity contribution in [1.29, 1.82) is 0 Å². The van der Waals surface area contributed by atoms with Crippen LogP contribution in [-0.2, 0) is 4.74 Å². The number of carbonyl (C=O) groups is 1. The number of aromatic nitrogens is 2. The average Bonchev–Trinajstić information content (AvgIpc) is 2.94. The molecule has 0 radical (unpaired) electrons. The van der Waals surface area contributed by atoms with Crippen LogP contribution in [0.5, 0.6) is 0 Å². The van der Waals surface area contributed by atoms with Crippen LogP contribution in [-0.4, -0.2) is 22.0 Å². The number of pyridine rings is 1. The smallest absolute Gasteiger partial charge is 0.360 e. The Balaban J connectivity index is 2.12. The number of hydrogen-bond acceptors (Lipinski definition) is 5. The van der Waals surface area contributed by atoms with Crippen LogP contribution >= 0.6 is 0 Å². The Morgan fingerprint density at radius 2 is 1.88 bits per heavy atom. The first-order valence-corrected chi connectivity index (χ1v) is 7.74. The molecule has 6 heteroatoms. The summed E-state index contributed by atoms with van der Waals surface area (Å²) in [5.41, 5.74) is 3.61. The van der Waals surface area contributed by atoms with Crippen molar-refractivity contribution in [3.63, 3.8) is 0 Å². The minimum absolute atomic E-state index is 0.165. The van der Waals surface area contributed by atoms with Gasteiger partial charge < -0.3 is 4.74 Å². The van der Waals surface area contributed by atoms with Gasteiger partial charge in [-0.15, -0.1) is 10.2 Å². The fraction of sp³-hybridized carbons (Fsp3) is 0.222. The molecule has 24 heavy (non-hydrogen) atoms. The predicted octanol–water partition coefficient (Wildman–Crippen LogP) is 4.54. The number of hydrogen-bond donors (Lipinski definition) is 0. The standard InChI is InChI=1S/C18H18N4O2/c1-4-24-18(23)16-17(22-11-6-5-10-14(22)19-16)21-20-15-12(2)8-7-9-13(15)3/h5-11H,4H2,1-3H3. The van der Waals surface area contributed by atoms with Crippen LogP contribution < -0.4 is 0 Å². The van der Waals surface area contributed by atoms with Crippen molar-refractivity contribution in [3.05, 3.63) is 59.4 Å². The first-order chi connectivity index (χ1) is 11.6. The number of aryl methyl sites for hydroxylation is 2. The largest absolute Gasteiger partial charge is 0.461 e. The molecular formula is C18H18N4O2. The number of fused-ring (bicyclic) bond motifs is 1. The number of rotatable bonds is 4. The van der Waals surface area contributed by atoms with Crippen molar-refractivity contribution in [2.75, 3.05) is 6.61 Å². The number of imidazole rings is 1. The molecule has 3 rings (SSSR count). The molecule has 2 heterocycles. The topological polar surface area (TPSA) is 68.3 Å². The molecule has 0 atom stereocenters. The highest BCUT2D eigenvalue weighted by atomic mass is 16.5. The molecule has 0 bridgehead atoms. The molecule has 1 aromatic carbocycles. The number of benzene rings is 1. The maximum Gasteiger partial charge on any atom is 0.360 e. The van der Waals surface area contributed by atoms with E-state index in [1.807, 2.05) is 44.2 Å². The minimum Gasteiger partial charge on any atom is -0.461 e. The Morgan fingerprint density at radius 3 is 2.58 bits per heavy atom. The Hall–Kier alpha value is -3.02. The Bertz CT molecular complexity index is 908. The van der Waals surface area contributed by atoms with Gasteiger partial charge in [-0.1, -0.05) is 24.3 Å². The molecule has 3 aromatic rings. The lowest BCUT2D eigenvalue weighted by atomic mass is 10.1. The Kier molecular flexibility index (Phi) is 4.37. The van der Waals surface area contributed by atoms with Crippen LogP contribution in [0.3, 0.4) is 0 Å². The molecule has 0 N–H and O–H groups in total. The van der Waals surface area contributed by atoms with E-state index in [0.29, 0.717) is 11.5 Å². The van der Waals surface area contributed by atoms with Crippen LogP contribution in [0.1, 0.15) is 28.5 Å². The van der Waals surface area contributed by atoms with E-state index in [0.717, 1.165) is 16.8 Å². The Morgan fingerprint density at radius 1 is 1.12 bits per heavy atom. The summed E-state index contributed by atoms with van der Waals surface area (Å²) < 4.78 is 6.81. The zero-order valence-electron chi connectivity index (χ0n) is 13.9. The summed E-state index contributed by atoms with van der Waals surface area (Å²) in [6.45, 7) is 5.98. The highest BCUT2D eigenvalue weighted by Crippen LogP contribution is 2.28. The van der Waals surface area contributed by atoms with E-state index in [4.69, 9.17) is 4.74 Å². The SMILES string of the molecule is CCOC(=O)c1nc2ccccn2c1N=Nc1c(C)cccc1C. The van der Waals surface area contributed by atoms with Crippen molar-refractivity contribution >= 4 is 23.1 Å². The van der Waals surface area contributed by atoms with Gasteiger partial charge in [0, 0.05) is 6.20 Å². The molecule has 6 nitrogen and oxygen atoms in total. The van der Waals surface area contributed by atoms with E-state index >= 15 is 0 Å². The lowest BCUT2D eigenvalue weighted by Crippen LogP contribution is -2.05. The number of azo groups is 1. The number of esters is 1. The molecule has 2 aromatic heterocycles. The molecule has 0 fully saturated rings. The summed E-state index contributed by atoms with van der Waals surface area (Å²) in [6.07, 6.45) is 1.80. The lowest BCUT2D eigenvalue weighted by molar-refractivity contribution is 0.0521. The summed E-state index contributed by atoms with van der Waals surface area (Å²) >= 11 is 0. The van der Waals surface area contributed by atoms with Gasteiger partial charge >= 0.3 is 5.97 Å². The third kappa shape index (κ3) is 2.90. The fourth-order valence-electron chi connectivity index (χ4n) is 2.48. The highest BCUT2D eigenvalue weighted by Gasteiger charge is 2.20. The van der Waals surface area contributed by atoms with Gasteiger partial charge in [-0.25, -0.2) is 9.78 Å². The predicted molar refractivity (Wildman–Crippen MR) is 91.2 cm³/mol. The third-order valence-electron chi connectivity index (χ3n) is 3.66. The van der Waals surface area contributed by atoms with Crippen molar-refractivity contribution in [3.8, 4) is 0 Å². The van der Waals surface area contributed by atoms with E-state index in [2.05, 4.69) is 15.2 Å². The van der Waals surface area contributed by atoms with Gasteiger partial charge in [-0.2, -0.15) is 0 Å². The van der Waals surface area contributed by atoms with Gasteiger partial charge in [0.05, 0.1) is 12.3 Å². The third-order valence-corrected chi connectivity index (χ3v) is 3.66. The van der Waals surface area contributed by atoms with Gasteiger partial charge in [-0.05, 0) is 44.0 Å². The molecule has 0 aliphatic rings. The summed E-state index contributed by atoms with van der Waals surface area (Å²) in [4.78, 5) is 16.5. The lowest BCUT2D eigenvalue weighted by Gasteiger charge is -2.03. The first-order valence-electron chi connectivity index (χ1n) is 7.74. The number of ether oxygens (including phenoxy) is 1. The molecule has 0 unspecified atom stereocenters. The molecular weight excluding hydrogens is 304 g/mol. The second kappa shape index (κ2) is 6.62. The van der Waals surface area contributed by atoms with E-state index in [1.54, 1.807) is 23.6 Å². The maximum absolute atomic E-state index is 12.2. The average molecular weight is 322 g/mol. The molecule has 0 saturated carbocycles. The van der Waals surface area contributed by atoms with Crippen molar-refractivity contribution < 1.29 is 9.53 Å². The minimum atomic E-state index is -0.503. The molecule has 122 valence electrons. The Labute approximate surface area is 139 Å². The summed E-state index contributed by atoms with van der Waals surface area (Å²) in [5, 5.41) is 8.67. The molecule has 0 aliphatic heterocycles.